The average molecular weight is 480 g/mol. The lowest BCUT2D eigenvalue weighted by Gasteiger charge is -2.27. The topological polar surface area (TPSA) is 90.9 Å². The Morgan fingerprint density at radius 3 is 2.52 bits per heavy atom. The normalized spacial score (nSPS) is 17.2. The molecule has 3 aromatic rings. The number of benzene rings is 1. The van der Waals surface area contributed by atoms with E-state index in [1.165, 1.54) is 6.20 Å². The quantitative estimate of drug-likeness (QED) is 0.337. The van der Waals surface area contributed by atoms with Crippen molar-refractivity contribution in [3.05, 3.63) is 36.2 Å². The Hall–Kier alpha value is -2.38. The number of hydrogen-bond acceptors (Lipinski definition) is 5. The van der Waals surface area contributed by atoms with Crippen LogP contribution in [0.3, 0.4) is 0 Å². The average Bonchev–Trinajstić information content (AvgIpc) is 3.05. The van der Waals surface area contributed by atoms with Crippen molar-refractivity contribution in [1.82, 2.24) is 15.0 Å². The Kier molecular flexibility index (Phi) is 6.31. The fraction of sp³-hybridized carbons (Fsp3) is 0.478. The third-order valence-electron chi connectivity index (χ3n) is 6.23. The van der Waals surface area contributed by atoms with Gasteiger partial charge in [-0.2, -0.15) is 13.2 Å². The summed E-state index contributed by atoms with van der Waals surface area (Å²) in [4.78, 5) is 11.1. The number of anilines is 1. The first-order valence-electron chi connectivity index (χ1n) is 11.0. The van der Waals surface area contributed by atoms with Gasteiger partial charge in [-0.3, -0.25) is 0 Å². The van der Waals surface area contributed by atoms with Crippen molar-refractivity contribution in [1.29, 1.82) is 0 Å². The van der Waals surface area contributed by atoms with Gasteiger partial charge < -0.3 is 20.0 Å². The molecule has 1 fully saturated rings. The second kappa shape index (κ2) is 8.76. The van der Waals surface area contributed by atoms with Crippen molar-refractivity contribution in [3.8, 4) is 11.3 Å². The van der Waals surface area contributed by atoms with Crippen molar-refractivity contribution in [3.63, 3.8) is 0 Å². The molecule has 1 aromatic carbocycles. The highest BCUT2D eigenvalue weighted by Gasteiger charge is 2.36. The molecule has 2 aromatic heterocycles. The lowest BCUT2D eigenvalue weighted by Crippen LogP contribution is -2.36. The number of alkyl halides is 3. The molecule has 0 atom stereocenters. The van der Waals surface area contributed by atoms with Gasteiger partial charge in [-0.1, -0.05) is 37.8 Å². The molecule has 0 bridgehead atoms. The number of aromatic nitrogens is 3. The fourth-order valence-electron chi connectivity index (χ4n) is 4.47. The molecule has 4 rings (SSSR count). The van der Waals surface area contributed by atoms with Crippen LogP contribution in [0.4, 0.5) is 19.1 Å². The monoisotopic (exact) mass is 480 g/mol. The van der Waals surface area contributed by atoms with Crippen LogP contribution >= 0.6 is 7.14 Å². The van der Waals surface area contributed by atoms with E-state index in [0.29, 0.717) is 29.0 Å². The lowest BCUT2D eigenvalue weighted by molar-refractivity contribution is -0.137. The molecule has 0 unspecified atom stereocenters. The van der Waals surface area contributed by atoms with E-state index in [9.17, 15) is 22.8 Å². The molecule has 2 heterocycles. The summed E-state index contributed by atoms with van der Waals surface area (Å²) in [6.07, 6.45) is 2.79. The molecule has 33 heavy (non-hydrogen) atoms. The van der Waals surface area contributed by atoms with Crippen molar-refractivity contribution < 1.29 is 22.8 Å². The molecular formula is C23H28F3N4O2P. The van der Waals surface area contributed by atoms with E-state index < -0.39 is 24.5 Å². The summed E-state index contributed by atoms with van der Waals surface area (Å²) in [5.74, 6) is 0.0258. The number of rotatable bonds is 5. The molecular weight excluding hydrogens is 452 g/mol. The molecule has 0 radical (unpaired) electrons. The summed E-state index contributed by atoms with van der Waals surface area (Å²) in [5.41, 5.74) is -1.36. The van der Waals surface area contributed by atoms with Gasteiger partial charge in [0.25, 0.3) is 0 Å². The molecule has 3 N–H and O–H groups in total. The third kappa shape index (κ3) is 5.09. The van der Waals surface area contributed by atoms with E-state index in [2.05, 4.69) is 20.3 Å². The second-order valence-corrected chi connectivity index (χ2v) is 12.4. The van der Waals surface area contributed by atoms with Crippen molar-refractivity contribution in [2.24, 2.45) is 0 Å². The zero-order chi connectivity index (χ0) is 23.9. The standard InChI is InChI=1S/C23H28F3N4O2P/c1-33(2,32)18-9-7-8-15-16(12-27-20(15)18)19-17(23(24,25)26)13-28-21(30-19)29-14-22(31)10-5-3-4-6-11-22/h7-9,12-13,27,31H,3-6,10-11,14H2,1-2H3,(H,28,29,30). The summed E-state index contributed by atoms with van der Waals surface area (Å²) in [6.45, 7) is 3.41. The minimum Gasteiger partial charge on any atom is -0.388 e. The minimum absolute atomic E-state index is 0.0258. The van der Waals surface area contributed by atoms with Crippen molar-refractivity contribution in [2.45, 2.75) is 50.3 Å². The third-order valence-corrected chi connectivity index (χ3v) is 7.77. The first-order chi connectivity index (χ1) is 15.5. The van der Waals surface area contributed by atoms with Gasteiger partial charge in [-0.05, 0) is 32.2 Å². The molecule has 0 spiro atoms. The number of H-pyrrole nitrogens is 1. The summed E-state index contributed by atoms with van der Waals surface area (Å²) >= 11 is 0. The van der Waals surface area contributed by atoms with Crippen LogP contribution in [0.15, 0.2) is 30.6 Å². The molecule has 1 saturated carbocycles. The fourth-order valence-corrected chi connectivity index (χ4v) is 5.64. The number of para-hydroxylation sites is 1. The van der Waals surface area contributed by atoms with E-state index in [1.54, 1.807) is 31.5 Å². The Balaban J connectivity index is 1.75. The number of fused-ring (bicyclic) bond motifs is 1. The minimum atomic E-state index is -4.65. The van der Waals surface area contributed by atoms with Crippen LogP contribution in [0.2, 0.25) is 0 Å². The first kappa shape index (κ1) is 23.8. The van der Waals surface area contributed by atoms with Crippen LogP contribution in [-0.2, 0) is 10.7 Å². The zero-order valence-electron chi connectivity index (χ0n) is 18.7. The highest BCUT2D eigenvalue weighted by Crippen LogP contribution is 2.42. The molecule has 0 amide bonds. The van der Waals surface area contributed by atoms with Gasteiger partial charge in [0, 0.05) is 35.2 Å². The molecule has 1 aliphatic rings. The molecule has 1 aliphatic carbocycles. The van der Waals surface area contributed by atoms with Crippen molar-refractivity contribution >= 4 is 29.3 Å². The van der Waals surface area contributed by atoms with Gasteiger partial charge in [0.05, 0.1) is 16.8 Å². The predicted octanol–water partition coefficient (Wildman–Crippen LogP) is 5.39. The van der Waals surface area contributed by atoms with Gasteiger partial charge >= 0.3 is 6.18 Å². The summed E-state index contributed by atoms with van der Waals surface area (Å²) in [6, 6.07) is 5.09. The van der Waals surface area contributed by atoms with Crippen LogP contribution in [0, 0.1) is 0 Å². The Labute approximate surface area is 190 Å². The second-order valence-electron chi connectivity index (χ2n) is 9.20. The van der Waals surface area contributed by atoms with Crippen LogP contribution in [0.25, 0.3) is 22.2 Å². The predicted molar refractivity (Wildman–Crippen MR) is 125 cm³/mol. The molecule has 178 valence electrons. The molecule has 10 heteroatoms. The molecule has 0 saturated heterocycles. The number of halogens is 3. The zero-order valence-corrected chi connectivity index (χ0v) is 19.6. The van der Waals surface area contributed by atoms with Crippen LogP contribution in [0.1, 0.15) is 44.1 Å². The van der Waals surface area contributed by atoms with Gasteiger partial charge in [0.15, 0.2) is 0 Å². The Morgan fingerprint density at radius 1 is 1.18 bits per heavy atom. The van der Waals surface area contributed by atoms with E-state index >= 15 is 0 Å². The van der Waals surface area contributed by atoms with Crippen LogP contribution in [-0.4, -0.2) is 45.5 Å². The van der Waals surface area contributed by atoms with Gasteiger partial charge in [-0.15, -0.1) is 0 Å². The SMILES string of the molecule is CP(C)(=O)c1cccc2c(-c3nc(NCC4(O)CCCCCC4)ncc3C(F)(F)F)c[nH]c12. The maximum absolute atomic E-state index is 13.8. The lowest BCUT2D eigenvalue weighted by atomic mass is 9.94. The molecule has 0 aliphatic heterocycles. The highest BCUT2D eigenvalue weighted by atomic mass is 31.2. The summed E-state index contributed by atoms with van der Waals surface area (Å²) in [5, 5.41) is 14.9. The number of aliphatic hydroxyl groups is 1. The van der Waals surface area contributed by atoms with Gasteiger partial charge in [0.2, 0.25) is 5.95 Å². The maximum Gasteiger partial charge on any atom is 0.419 e. The number of hydrogen-bond donors (Lipinski definition) is 3. The highest BCUT2D eigenvalue weighted by molar-refractivity contribution is 7.70. The van der Waals surface area contributed by atoms with Crippen LogP contribution in [0.5, 0.6) is 0 Å². The Morgan fingerprint density at radius 2 is 1.88 bits per heavy atom. The van der Waals surface area contributed by atoms with Gasteiger partial charge in [-0.25, -0.2) is 9.97 Å². The number of aromatic amines is 1. The maximum atomic E-state index is 13.8. The summed E-state index contributed by atoms with van der Waals surface area (Å²) in [7, 11) is -2.66. The van der Waals surface area contributed by atoms with Gasteiger partial charge in [0.1, 0.15) is 12.7 Å². The Bertz CT molecular complexity index is 1190. The van der Waals surface area contributed by atoms with E-state index in [0.717, 1.165) is 31.9 Å². The van der Waals surface area contributed by atoms with E-state index in [4.69, 9.17) is 0 Å². The largest absolute Gasteiger partial charge is 0.419 e. The summed E-state index contributed by atoms with van der Waals surface area (Å²) < 4.78 is 54.2. The van der Waals surface area contributed by atoms with E-state index in [1.807, 2.05) is 0 Å². The number of nitrogens with one attached hydrogen (secondary N) is 2. The van der Waals surface area contributed by atoms with Crippen molar-refractivity contribution in [2.75, 3.05) is 25.2 Å². The van der Waals surface area contributed by atoms with Crippen LogP contribution < -0.4 is 10.6 Å². The smallest absolute Gasteiger partial charge is 0.388 e. The number of nitrogens with zero attached hydrogens (tertiary/aromatic N) is 2. The molecule has 6 nitrogen and oxygen atoms in total. The van der Waals surface area contributed by atoms with E-state index in [-0.39, 0.29) is 23.8 Å². The first-order valence-corrected chi connectivity index (χ1v) is 13.6.